The van der Waals surface area contributed by atoms with Gasteiger partial charge in [-0.3, -0.25) is 14.4 Å². The summed E-state index contributed by atoms with van der Waals surface area (Å²) in [6, 6.07) is 0. The fraction of sp³-hybridized carbons (Fsp3) is 0.727. The molecule has 0 saturated carbocycles. The Morgan fingerprint density at radius 3 is 0.941 bits per heavy atom. The van der Waals surface area contributed by atoms with E-state index in [9.17, 15) is 14.4 Å². The fourth-order valence-electron chi connectivity index (χ4n) is 0.428. The third-order valence-corrected chi connectivity index (χ3v) is 1.23. The van der Waals surface area contributed by atoms with Gasteiger partial charge >= 0.3 is 17.9 Å². The highest BCUT2D eigenvalue weighted by Gasteiger charge is 1.88. The molecule has 0 fully saturated rings. The third-order valence-electron chi connectivity index (χ3n) is 1.23. The fourth-order valence-corrected chi connectivity index (χ4v) is 0.428. The minimum Gasteiger partial charge on any atom is -0.481 e. The molecular weight excluding hydrogens is 228 g/mol. The molecule has 0 aromatic rings. The van der Waals surface area contributed by atoms with E-state index in [1.807, 2.05) is 13.8 Å². The molecule has 0 atom stereocenters. The van der Waals surface area contributed by atoms with Gasteiger partial charge in [0, 0.05) is 19.3 Å². The molecule has 0 aliphatic rings. The third kappa shape index (κ3) is 54.0. The van der Waals surface area contributed by atoms with Crippen LogP contribution in [0.5, 0.6) is 0 Å². The second-order valence-corrected chi connectivity index (χ2v) is 3.03. The maximum Gasteiger partial charge on any atom is 0.303 e. The maximum absolute atomic E-state index is 9.60. The summed E-state index contributed by atoms with van der Waals surface area (Å²) in [4.78, 5) is 28.6. The van der Waals surface area contributed by atoms with Crippen molar-refractivity contribution in [3.8, 4) is 0 Å². The van der Waals surface area contributed by atoms with Crippen molar-refractivity contribution in [2.45, 2.75) is 52.9 Å². The second kappa shape index (κ2) is 16.8. The normalized spacial score (nSPS) is 7.94. The highest BCUT2D eigenvalue weighted by molar-refractivity contribution is 5.66. The van der Waals surface area contributed by atoms with Gasteiger partial charge in [0.2, 0.25) is 0 Å². The lowest BCUT2D eigenvalue weighted by Gasteiger charge is -1.79. The Balaban J connectivity index is -0.000000174. The van der Waals surface area contributed by atoms with Crippen molar-refractivity contribution in [2.75, 3.05) is 0 Å². The number of hydrogen-bond acceptors (Lipinski definition) is 3. The standard InChI is InChI=1S/2C4H8O2.C3H6O2/c2*1-2-3-4(5)6;1-2-3(4)5/h2*2-3H2,1H3,(H,5,6);2H2,1H3,(H,4,5). The predicted molar refractivity (Wildman–Crippen MR) is 63.0 cm³/mol. The molecule has 0 aromatic carbocycles. The number of hydrogen-bond donors (Lipinski definition) is 3. The van der Waals surface area contributed by atoms with E-state index < -0.39 is 17.9 Å². The Morgan fingerprint density at radius 1 is 0.706 bits per heavy atom. The van der Waals surface area contributed by atoms with Crippen molar-refractivity contribution in [2.24, 2.45) is 0 Å². The number of carboxylic acid groups (broad SMARTS) is 3. The molecule has 0 spiro atoms. The highest BCUT2D eigenvalue weighted by atomic mass is 16.4. The molecule has 17 heavy (non-hydrogen) atoms. The molecule has 6 nitrogen and oxygen atoms in total. The summed E-state index contributed by atoms with van der Waals surface area (Å²) >= 11 is 0. The molecule has 3 N–H and O–H groups in total. The van der Waals surface area contributed by atoms with Crippen LogP contribution in [0, 0.1) is 0 Å². The zero-order chi connectivity index (χ0) is 14.3. The van der Waals surface area contributed by atoms with Gasteiger partial charge in [0.05, 0.1) is 0 Å². The summed E-state index contributed by atoms with van der Waals surface area (Å²) in [5.74, 6) is -2.17. The van der Waals surface area contributed by atoms with Gasteiger partial charge in [-0.15, -0.1) is 0 Å². The van der Waals surface area contributed by atoms with Gasteiger partial charge in [-0.1, -0.05) is 20.8 Å². The van der Waals surface area contributed by atoms with Crippen molar-refractivity contribution in [1.29, 1.82) is 0 Å². The van der Waals surface area contributed by atoms with Crippen LogP contribution in [0.2, 0.25) is 0 Å². The zero-order valence-corrected chi connectivity index (χ0v) is 10.6. The van der Waals surface area contributed by atoms with Crippen LogP contribution in [0.25, 0.3) is 0 Å². The van der Waals surface area contributed by atoms with Crippen LogP contribution < -0.4 is 0 Å². The molecule has 0 heterocycles. The van der Waals surface area contributed by atoms with Crippen LogP contribution in [0.15, 0.2) is 0 Å². The Morgan fingerprint density at radius 2 is 0.941 bits per heavy atom. The van der Waals surface area contributed by atoms with Gasteiger partial charge < -0.3 is 15.3 Å². The van der Waals surface area contributed by atoms with Gasteiger partial charge in [-0.2, -0.15) is 0 Å². The Hall–Kier alpha value is -1.59. The average Bonchev–Trinajstić information content (AvgIpc) is 2.19. The van der Waals surface area contributed by atoms with Crippen LogP contribution in [0.4, 0.5) is 0 Å². The van der Waals surface area contributed by atoms with E-state index in [1.54, 1.807) is 6.92 Å². The highest BCUT2D eigenvalue weighted by Crippen LogP contribution is 1.82. The van der Waals surface area contributed by atoms with Crippen molar-refractivity contribution >= 4 is 17.9 Å². The van der Waals surface area contributed by atoms with E-state index in [0.717, 1.165) is 12.8 Å². The molecule has 0 amide bonds. The van der Waals surface area contributed by atoms with Gasteiger partial charge in [0.1, 0.15) is 0 Å². The van der Waals surface area contributed by atoms with E-state index in [4.69, 9.17) is 15.3 Å². The van der Waals surface area contributed by atoms with Crippen LogP contribution in [-0.2, 0) is 14.4 Å². The maximum atomic E-state index is 9.60. The first-order chi connectivity index (χ1) is 7.81. The van der Waals surface area contributed by atoms with Crippen LogP contribution >= 0.6 is 0 Å². The van der Waals surface area contributed by atoms with Crippen molar-refractivity contribution in [3.05, 3.63) is 0 Å². The lowest BCUT2D eigenvalue weighted by Crippen LogP contribution is -1.90. The molecule has 6 heteroatoms. The number of carbonyl (C=O) groups is 3. The number of rotatable bonds is 5. The average molecular weight is 250 g/mol. The van der Waals surface area contributed by atoms with Crippen molar-refractivity contribution in [1.82, 2.24) is 0 Å². The van der Waals surface area contributed by atoms with Gasteiger partial charge in [-0.25, -0.2) is 0 Å². The monoisotopic (exact) mass is 250 g/mol. The first kappa shape index (κ1) is 20.8. The summed E-state index contributed by atoms with van der Waals surface area (Å²) in [6.45, 7) is 5.28. The summed E-state index contributed by atoms with van der Waals surface area (Å²) in [7, 11) is 0. The van der Waals surface area contributed by atoms with E-state index in [-0.39, 0.29) is 6.42 Å². The first-order valence-electron chi connectivity index (χ1n) is 5.47. The summed E-state index contributed by atoms with van der Waals surface area (Å²) < 4.78 is 0. The Labute approximate surface area is 101 Å². The SMILES string of the molecule is CCC(=O)O.CCCC(=O)O.CCCC(=O)O. The lowest BCUT2D eigenvalue weighted by atomic mass is 10.4. The van der Waals surface area contributed by atoms with E-state index in [0.29, 0.717) is 12.8 Å². The minimum absolute atomic E-state index is 0.222. The van der Waals surface area contributed by atoms with E-state index >= 15 is 0 Å². The lowest BCUT2D eigenvalue weighted by molar-refractivity contribution is -0.138. The number of aliphatic carboxylic acids is 3. The van der Waals surface area contributed by atoms with Gasteiger partial charge in [0.15, 0.2) is 0 Å². The van der Waals surface area contributed by atoms with Gasteiger partial charge in [0.25, 0.3) is 0 Å². The predicted octanol–water partition coefficient (Wildman–Crippen LogP) is 2.22. The zero-order valence-electron chi connectivity index (χ0n) is 10.6. The molecule has 0 unspecified atom stereocenters. The molecular formula is C11H22O6. The molecule has 102 valence electrons. The quantitative estimate of drug-likeness (QED) is 0.689. The summed E-state index contributed by atoms with van der Waals surface area (Å²) in [6.07, 6.45) is 2.27. The second-order valence-electron chi connectivity index (χ2n) is 3.03. The molecule has 0 radical (unpaired) electrons. The smallest absolute Gasteiger partial charge is 0.303 e. The molecule has 0 rings (SSSR count). The van der Waals surface area contributed by atoms with Gasteiger partial charge in [-0.05, 0) is 12.8 Å². The van der Waals surface area contributed by atoms with E-state index in [1.165, 1.54) is 0 Å². The van der Waals surface area contributed by atoms with E-state index in [2.05, 4.69) is 0 Å². The van der Waals surface area contributed by atoms with Crippen LogP contribution in [0.3, 0.4) is 0 Å². The molecule has 0 aromatic heterocycles. The topological polar surface area (TPSA) is 112 Å². The van der Waals surface area contributed by atoms with Crippen molar-refractivity contribution in [3.63, 3.8) is 0 Å². The van der Waals surface area contributed by atoms with Crippen LogP contribution in [-0.4, -0.2) is 33.2 Å². The molecule has 0 saturated heterocycles. The largest absolute Gasteiger partial charge is 0.481 e. The molecule has 0 aliphatic heterocycles. The van der Waals surface area contributed by atoms with Crippen LogP contribution in [0.1, 0.15) is 52.9 Å². The van der Waals surface area contributed by atoms with Crippen molar-refractivity contribution < 1.29 is 29.7 Å². The number of carboxylic acids is 3. The molecule has 0 aliphatic carbocycles. The summed E-state index contributed by atoms with van der Waals surface area (Å²) in [5, 5.41) is 23.5. The summed E-state index contributed by atoms with van der Waals surface area (Å²) in [5.41, 5.74) is 0. The Kier molecular flexibility index (Phi) is 20.6. The Bertz CT molecular complexity index is 196. The minimum atomic E-state index is -0.745. The molecule has 0 bridgehead atoms. The first-order valence-corrected chi connectivity index (χ1v) is 5.47.